The number of fused-ring (bicyclic) bond motifs is 1. The number of carbonyl (C=O) groups is 1. The summed E-state index contributed by atoms with van der Waals surface area (Å²) in [7, 11) is 0. The Hall–Kier alpha value is -2.86. The van der Waals surface area contributed by atoms with Crippen LogP contribution in [-0.2, 0) is 6.42 Å². The van der Waals surface area contributed by atoms with Crippen LogP contribution in [0.15, 0.2) is 54.9 Å². The van der Waals surface area contributed by atoms with E-state index in [1.807, 2.05) is 30.3 Å². The monoisotopic (exact) mass is 391 g/mol. The zero-order valence-corrected chi connectivity index (χ0v) is 17.0. The standard InChI is InChI=1S/C23H29N5O/c1-23(24)12-15-27(16-13-23)19-10-5-11-20-21(19)26-17-28(20)22(29)25-14-6-9-18-7-3-2-4-8-18/h2-5,7-8,10-11,17H,6,9,12-16,24H2,1H3,(H,25,29). The number of hydrogen-bond acceptors (Lipinski definition) is 4. The molecule has 3 N–H and O–H groups in total. The molecule has 152 valence electrons. The van der Waals surface area contributed by atoms with Crippen LogP contribution in [0.5, 0.6) is 0 Å². The molecule has 1 amide bonds. The maximum atomic E-state index is 12.7. The molecule has 1 fully saturated rings. The number of anilines is 1. The lowest BCUT2D eigenvalue weighted by Gasteiger charge is -2.38. The average molecular weight is 392 g/mol. The molecule has 3 aromatic rings. The number of aryl methyl sites for hydroxylation is 1. The van der Waals surface area contributed by atoms with E-state index in [4.69, 9.17) is 5.73 Å². The molecule has 2 aromatic carbocycles. The Morgan fingerprint density at radius 1 is 1.14 bits per heavy atom. The fraction of sp³-hybridized carbons (Fsp3) is 0.391. The predicted molar refractivity (Wildman–Crippen MR) is 117 cm³/mol. The van der Waals surface area contributed by atoms with E-state index < -0.39 is 0 Å². The molecule has 1 aromatic heterocycles. The zero-order chi connectivity index (χ0) is 20.3. The van der Waals surface area contributed by atoms with Gasteiger partial charge in [-0.2, -0.15) is 0 Å². The molecule has 0 aliphatic carbocycles. The number of para-hydroxylation sites is 1. The maximum absolute atomic E-state index is 12.7. The number of imidazole rings is 1. The summed E-state index contributed by atoms with van der Waals surface area (Å²) >= 11 is 0. The van der Waals surface area contributed by atoms with E-state index in [9.17, 15) is 4.79 Å². The molecule has 0 unspecified atom stereocenters. The first kappa shape index (κ1) is 19.5. The van der Waals surface area contributed by atoms with Gasteiger partial charge in [-0.05, 0) is 50.3 Å². The molecular weight excluding hydrogens is 362 g/mol. The highest BCUT2D eigenvalue weighted by atomic mass is 16.2. The van der Waals surface area contributed by atoms with Crippen molar-refractivity contribution in [1.82, 2.24) is 14.9 Å². The summed E-state index contributed by atoms with van der Waals surface area (Å²) in [5.41, 5.74) is 10.2. The fourth-order valence-electron chi connectivity index (χ4n) is 3.92. The molecule has 0 saturated carbocycles. The van der Waals surface area contributed by atoms with Gasteiger partial charge in [0.25, 0.3) is 0 Å². The van der Waals surface area contributed by atoms with E-state index in [1.165, 1.54) is 5.56 Å². The second-order valence-corrected chi connectivity index (χ2v) is 8.22. The number of amides is 1. The molecule has 0 spiro atoms. The number of hydrogen-bond donors (Lipinski definition) is 2. The van der Waals surface area contributed by atoms with Crippen molar-refractivity contribution in [3.05, 3.63) is 60.4 Å². The SMILES string of the molecule is CC1(N)CCN(c2cccc3c2ncn3C(=O)NCCCc2ccccc2)CC1. The number of aromatic nitrogens is 2. The average Bonchev–Trinajstić information content (AvgIpc) is 3.16. The van der Waals surface area contributed by atoms with Gasteiger partial charge in [-0.15, -0.1) is 0 Å². The number of nitrogens with two attached hydrogens (primary N) is 1. The van der Waals surface area contributed by atoms with Crippen molar-refractivity contribution < 1.29 is 4.79 Å². The van der Waals surface area contributed by atoms with Gasteiger partial charge >= 0.3 is 6.03 Å². The van der Waals surface area contributed by atoms with Gasteiger partial charge in [-0.25, -0.2) is 9.78 Å². The summed E-state index contributed by atoms with van der Waals surface area (Å²) in [6.45, 7) is 4.56. The first-order chi connectivity index (χ1) is 14.0. The normalized spacial score (nSPS) is 16.1. The minimum Gasteiger partial charge on any atom is -0.370 e. The first-order valence-electron chi connectivity index (χ1n) is 10.4. The van der Waals surface area contributed by atoms with E-state index in [0.717, 1.165) is 55.5 Å². The number of carbonyl (C=O) groups excluding carboxylic acids is 1. The Kier molecular flexibility index (Phi) is 5.53. The lowest BCUT2D eigenvalue weighted by molar-refractivity contribution is 0.243. The van der Waals surface area contributed by atoms with Crippen molar-refractivity contribution in [2.45, 2.75) is 38.1 Å². The summed E-state index contributed by atoms with van der Waals surface area (Å²) in [5.74, 6) is 0. The third kappa shape index (κ3) is 4.43. The molecule has 1 aliphatic rings. The number of nitrogens with zero attached hydrogens (tertiary/aromatic N) is 3. The molecule has 29 heavy (non-hydrogen) atoms. The topological polar surface area (TPSA) is 76.2 Å². The molecule has 1 aliphatic heterocycles. The molecular formula is C23H29N5O. The quantitative estimate of drug-likeness (QED) is 0.652. The molecule has 6 heteroatoms. The van der Waals surface area contributed by atoms with Crippen molar-refractivity contribution in [1.29, 1.82) is 0 Å². The van der Waals surface area contributed by atoms with Crippen LogP contribution in [0.4, 0.5) is 10.5 Å². The van der Waals surface area contributed by atoms with Crippen molar-refractivity contribution in [2.24, 2.45) is 5.73 Å². The number of rotatable bonds is 5. The van der Waals surface area contributed by atoms with Gasteiger partial charge in [-0.1, -0.05) is 36.4 Å². The van der Waals surface area contributed by atoms with Gasteiger partial charge < -0.3 is 16.0 Å². The van der Waals surface area contributed by atoms with Crippen molar-refractivity contribution in [2.75, 3.05) is 24.5 Å². The van der Waals surface area contributed by atoms with Crippen LogP contribution in [0.1, 0.15) is 31.7 Å². The smallest absolute Gasteiger partial charge is 0.327 e. The lowest BCUT2D eigenvalue weighted by atomic mass is 9.91. The number of piperidine rings is 1. The van der Waals surface area contributed by atoms with Gasteiger partial charge in [0.15, 0.2) is 0 Å². The Morgan fingerprint density at radius 2 is 1.90 bits per heavy atom. The summed E-state index contributed by atoms with van der Waals surface area (Å²) in [6.07, 6.45) is 5.37. The van der Waals surface area contributed by atoms with Crippen LogP contribution >= 0.6 is 0 Å². The van der Waals surface area contributed by atoms with Gasteiger partial charge in [0, 0.05) is 25.2 Å². The molecule has 0 radical (unpaired) electrons. The number of nitrogens with one attached hydrogen (secondary N) is 1. The molecule has 2 heterocycles. The van der Waals surface area contributed by atoms with Crippen LogP contribution in [0, 0.1) is 0 Å². The van der Waals surface area contributed by atoms with E-state index in [2.05, 4.69) is 40.3 Å². The van der Waals surface area contributed by atoms with Crippen LogP contribution in [0.2, 0.25) is 0 Å². The maximum Gasteiger partial charge on any atom is 0.327 e. The fourth-order valence-corrected chi connectivity index (χ4v) is 3.92. The Bertz CT molecular complexity index is 969. The minimum absolute atomic E-state index is 0.0939. The second kappa shape index (κ2) is 8.25. The van der Waals surface area contributed by atoms with E-state index >= 15 is 0 Å². The third-order valence-electron chi connectivity index (χ3n) is 5.78. The van der Waals surface area contributed by atoms with Gasteiger partial charge in [0.05, 0.1) is 11.2 Å². The third-order valence-corrected chi connectivity index (χ3v) is 5.78. The van der Waals surface area contributed by atoms with Crippen LogP contribution < -0.4 is 16.0 Å². The highest BCUT2D eigenvalue weighted by Gasteiger charge is 2.27. The van der Waals surface area contributed by atoms with Crippen LogP contribution in [-0.4, -0.2) is 40.8 Å². The summed E-state index contributed by atoms with van der Waals surface area (Å²) in [4.78, 5) is 19.6. The predicted octanol–water partition coefficient (Wildman–Crippen LogP) is 3.54. The van der Waals surface area contributed by atoms with Crippen molar-refractivity contribution in [3.63, 3.8) is 0 Å². The van der Waals surface area contributed by atoms with Crippen LogP contribution in [0.3, 0.4) is 0 Å². The largest absolute Gasteiger partial charge is 0.370 e. The highest BCUT2D eigenvalue weighted by molar-refractivity contribution is 5.95. The zero-order valence-electron chi connectivity index (χ0n) is 17.0. The van der Waals surface area contributed by atoms with E-state index in [0.29, 0.717) is 6.54 Å². The van der Waals surface area contributed by atoms with Crippen molar-refractivity contribution in [3.8, 4) is 0 Å². The van der Waals surface area contributed by atoms with E-state index in [1.54, 1.807) is 10.9 Å². The molecule has 0 bridgehead atoms. The minimum atomic E-state index is -0.133. The van der Waals surface area contributed by atoms with Crippen molar-refractivity contribution >= 4 is 22.8 Å². The summed E-state index contributed by atoms with van der Waals surface area (Å²) in [5, 5.41) is 3.01. The Labute approximate surface area is 171 Å². The van der Waals surface area contributed by atoms with Gasteiger partial charge in [0.2, 0.25) is 0 Å². The molecule has 6 nitrogen and oxygen atoms in total. The number of benzene rings is 2. The van der Waals surface area contributed by atoms with Gasteiger partial charge in [-0.3, -0.25) is 4.57 Å². The summed E-state index contributed by atoms with van der Waals surface area (Å²) in [6, 6.07) is 16.2. The molecule has 4 rings (SSSR count). The molecule has 0 atom stereocenters. The Morgan fingerprint density at radius 3 is 2.66 bits per heavy atom. The first-order valence-corrected chi connectivity index (χ1v) is 10.4. The second-order valence-electron chi connectivity index (χ2n) is 8.22. The van der Waals surface area contributed by atoms with Gasteiger partial charge in [0.1, 0.15) is 11.8 Å². The lowest BCUT2D eigenvalue weighted by Crippen LogP contribution is -2.48. The summed E-state index contributed by atoms with van der Waals surface area (Å²) < 4.78 is 1.61. The van der Waals surface area contributed by atoms with Crippen LogP contribution in [0.25, 0.3) is 11.0 Å². The Balaban J connectivity index is 1.41. The highest BCUT2D eigenvalue weighted by Crippen LogP contribution is 2.30. The molecule has 1 saturated heterocycles. The van der Waals surface area contributed by atoms with E-state index in [-0.39, 0.29) is 11.6 Å².